The summed E-state index contributed by atoms with van der Waals surface area (Å²) in [5.74, 6) is -0.707. The molecule has 2 heterocycles. The summed E-state index contributed by atoms with van der Waals surface area (Å²) in [5.41, 5.74) is 1.73. The first-order valence-corrected chi connectivity index (χ1v) is 8.29. The molecular weight excluding hydrogens is 364 g/mol. The van der Waals surface area contributed by atoms with Gasteiger partial charge in [0.2, 0.25) is 0 Å². The van der Waals surface area contributed by atoms with Gasteiger partial charge >= 0.3 is 11.9 Å². The summed E-state index contributed by atoms with van der Waals surface area (Å²) in [6.45, 7) is 4.70. The molecule has 0 spiro atoms. The van der Waals surface area contributed by atoms with Crippen LogP contribution in [-0.2, 0) is 19.1 Å². The summed E-state index contributed by atoms with van der Waals surface area (Å²) in [4.78, 5) is 28.2. The second kappa shape index (κ2) is 8.10. The molecule has 7 heteroatoms. The summed E-state index contributed by atoms with van der Waals surface area (Å²) in [6, 6.07) is -0.307. The minimum absolute atomic E-state index is 0.307. The molecule has 0 bridgehead atoms. The van der Waals surface area contributed by atoms with Crippen molar-refractivity contribution in [3.8, 4) is 0 Å². The van der Waals surface area contributed by atoms with Crippen LogP contribution in [0.15, 0.2) is 39.0 Å². The zero-order chi connectivity index (χ0) is 16.8. The fourth-order valence-electron chi connectivity index (χ4n) is 2.27. The van der Waals surface area contributed by atoms with E-state index in [1.807, 2.05) is 0 Å². The zero-order valence-electron chi connectivity index (χ0n) is 13.1. The first-order valence-electron chi connectivity index (χ1n) is 7.49. The van der Waals surface area contributed by atoms with Crippen LogP contribution in [0.5, 0.6) is 0 Å². The van der Waals surface area contributed by atoms with Crippen molar-refractivity contribution in [2.45, 2.75) is 26.3 Å². The molecule has 124 valence electrons. The van der Waals surface area contributed by atoms with Crippen LogP contribution in [-0.4, -0.2) is 43.5 Å². The number of esters is 2. The van der Waals surface area contributed by atoms with E-state index in [-0.39, 0.29) is 18.0 Å². The van der Waals surface area contributed by atoms with Crippen molar-refractivity contribution in [1.82, 2.24) is 5.32 Å². The van der Waals surface area contributed by atoms with Crippen LogP contribution in [0.25, 0.3) is 0 Å². The van der Waals surface area contributed by atoms with E-state index in [4.69, 9.17) is 9.47 Å². The van der Waals surface area contributed by atoms with Crippen molar-refractivity contribution in [3.05, 3.63) is 34.0 Å². The predicted molar refractivity (Wildman–Crippen MR) is 90.3 cm³/mol. The molecule has 23 heavy (non-hydrogen) atoms. The highest BCUT2D eigenvalue weighted by atomic mass is 79.9. The lowest BCUT2D eigenvalue weighted by atomic mass is 9.99. The molecule has 0 fully saturated rings. The number of hydrogen-bond donors (Lipinski definition) is 1. The first-order chi connectivity index (χ1) is 11.0. The highest BCUT2D eigenvalue weighted by Gasteiger charge is 2.24. The van der Waals surface area contributed by atoms with Gasteiger partial charge in [0.05, 0.1) is 35.1 Å². The van der Waals surface area contributed by atoms with Gasteiger partial charge in [0.1, 0.15) is 0 Å². The number of carbonyl (C=O) groups excluding carboxylic acids is 2. The Morgan fingerprint density at radius 2 is 1.96 bits per heavy atom. The predicted octanol–water partition coefficient (Wildman–Crippen LogP) is 2.02. The molecule has 2 rings (SSSR count). The highest BCUT2D eigenvalue weighted by Crippen LogP contribution is 2.20. The number of dihydropyridines is 2. The molecule has 2 aliphatic heterocycles. The third kappa shape index (κ3) is 4.54. The van der Waals surface area contributed by atoms with Crippen LogP contribution < -0.4 is 5.32 Å². The lowest BCUT2D eigenvalue weighted by Crippen LogP contribution is -2.37. The molecule has 6 nitrogen and oxygen atoms in total. The van der Waals surface area contributed by atoms with Crippen molar-refractivity contribution in [1.29, 1.82) is 0 Å². The van der Waals surface area contributed by atoms with Gasteiger partial charge in [0.25, 0.3) is 0 Å². The minimum atomic E-state index is -0.387. The highest BCUT2D eigenvalue weighted by molar-refractivity contribution is 9.11. The van der Waals surface area contributed by atoms with E-state index < -0.39 is 0 Å². The average molecular weight is 383 g/mol. The maximum Gasteiger partial charge on any atom is 0.337 e. The molecule has 0 amide bonds. The van der Waals surface area contributed by atoms with Gasteiger partial charge in [-0.1, -0.05) is 0 Å². The van der Waals surface area contributed by atoms with Crippen LogP contribution in [0, 0.1) is 0 Å². The Kier molecular flexibility index (Phi) is 6.15. The summed E-state index contributed by atoms with van der Waals surface area (Å²) in [7, 11) is 0. The van der Waals surface area contributed by atoms with E-state index in [0.29, 0.717) is 47.6 Å². The Bertz CT molecular complexity index is 620. The maximum atomic E-state index is 11.9. The van der Waals surface area contributed by atoms with Crippen LogP contribution in [0.1, 0.15) is 20.3 Å². The Morgan fingerprint density at radius 3 is 2.65 bits per heavy atom. The fourth-order valence-corrected chi connectivity index (χ4v) is 2.76. The summed E-state index contributed by atoms with van der Waals surface area (Å²) in [6.07, 6.45) is 5.69. The normalized spacial score (nSPS) is 20.4. The number of aliphatic imine (C=N–C) groups is 1. The van der Waals surface area contributed by atoms with E-state index in [0.717, 1.165) is 0 Å². The Morgan fingerprint density at radius 1 is 1.26 bits per heavy atom. The minimum Gasteiger partial charge on any atom is -0.463 e. The van der Waals surface area contributed by atoms with E-state index in [9.17, 15) is 9.59 Å². The molecule has 0 aromatic heterocycles. The molecule has 1 N–H and O–H groups in total. The molecule has 1 unspecified atom stereocenters. The Balaban J connectivity index is 2.20. The van der Waals surface area contributed by atoms with Gasteiger partial charge < -0.3 is 14.8 Å². The molecule has 0 saturated heterocycles. The van der Waals surface area contributed by atoms with Gasteiger partial charge in [-0.05, 0) is 54.4 Å². The smallest absolute Gasteiger partial charge is 0.337 e. The summed E-state index contributed by atoms with van der Waals surface area (Å²) in [5, 5.41) is 3.17. The van der Waals surface area contributed by atoms with E-state index >= 15 is 0 Å². The van der Waals surface area contributed by atoms with Gasteiger partial charge in [-0.15, -0.1) is 0 Å². The quantitative estimate of drug-likeness (QED) is 0.581. The molecule has 1 atom stereocenters. The Labute approximate surface area is 143 Å². The van der Waals surface area contributed by atoms with Crippen molar-refractivity contribution in [3.63, 3.8) is 0 Å². The number of rotatable bonds is 5. The van der Waals surface area contributed by atoms with Crippen molar-refractivity contribution in [2.75, 3.05) is 19.8 Å². The SMILES string of the molecule is CCOC(=O)C1=CC(C2=NCCC(C(=O)OCC)=C2)NC(Br)=C1. The van der Waals surface area contributed by atoms with Crippen molar-refractivity contribution >= 4 is 33.6 Å². The molecule has 0 aliphatic carbocycles. The molecule has 0 aromatic rings. The maximum absolute atomic E-state index is 11.9. The average Bonchev–Trinajstić information content (AvgIpc) is 2.55. The molecular formula is C16H19BrN2O4. The number of ether oxygens (including phenoxy) is 2. The van der Waals surface area contributed by atoms with Gasteiger partial charge in [0, 0.05) is 12.1 Å². The zero-order valence-corrected chi connectivity index (χ0v) is 14.7. The molecule has 0 saturated carbocycles. The number of hydrogen-bond acceptors (Lipinski definition) is 6. The van der Waals surface area contributed by atoms with E-state index in [1.54, 1.807) is 32.1 Å². The lowest BCUT2D eigenvalue weighted by Gasteiger charge is -2.23. The van der Waals surface area contributed by atoms with Crippen LogP contribution >= 0.6 is 15.9 Å². The van der Waals surface area contributed by atoms with Gasteiger partial charge in [0.15, 0.2) is 0 Å². The van der Waals surface area contributed by atoms with E-state index in [1.165, 1.54) is 0 Å². The van der Waals surface area contributed by atoms with Crippen LogP contribution in [0.4, 0.5) is 0 Å². The van der Waals surface area contributed by atoms with Crippen LogP contribution in [0.2, 0.25) is 0 Å². The second-order valence-electron chi connectivity index (χ2n) is 4.90. The van der Waals surface area contributed by atoms with Crippen molar-refractivity contribution < 1.29 is 19.1 Å². The Hall–Kier alpha value is -1.89. The standard InChI is InChI=1S/C16H19BrN2O4/c1-3-22-15(20)10-5-6-18-12(7-10)13-8-11(9-14(17)19-13)16(21)23-4-2/h7-9,13,19H,3-6H2,1-2H3. The van der Waals surface area contributed by atoms with Gasteiger partial charge in [-0.3, -0.25) is 4.99 Å². The number of nitrogens with zero attached hydrogens (tertiary/aromatic N) is 1. The third-order valence-electron chi connectivity index (χ3n) is 3.29. The number of nitrogens with one attached hydrogen (secondary N) is 1. The second-order valence-corrected chi connectivity index (χ2v) is 5.76. The largest absolute Gasteiger partial charge is 0.463 e. The van der Waals surface area contributed by atoms with Gasteiger partial charge in [-0.2, -0.15) is 0 Å². The molecule has 0 radical (unpaired) electrons. The monoisotopic (exact) mass is 382 g/mol. The van der Waals surface area contributed by atoms with E-state index in [2.05, 4.69) is 26.2 Å². The summed E-state index contributed by atoms with van der Waals surface area (Å²) >= 11 is 3.36. The lowest BCUT2D eigenvalue weighted by molar-refractivity contribution is -0.139. The topological polar surface area (TPSA) is 77.0 Å². The first kappa shape index (κ1) is 17.5. The molecule has 0 aromatic carbocycles. The fraction of sp³-hybridized carbons (Fsp3) is 0.438. The molecule has 2 aliphatic rings. The number of carbonyl (C=O) groups is 2. The van der Waals surface area contributed by atoms with Crippen LogP contribution in [0.3, 0.4) is 0 Å². The number of halogens is 1. The van der Waals surface area contributed by atoms with Crippen molar-refractivity contribution in [2.24, 2.45) is 4.99 Å². The van der Waals surface area contributed by atoms with Gasteiger partial charge in [-0.25, -0.2) is 9.59 Å². The third-order valence-corrected chi connectivity index (χ3v) is 3.74. The summed E-state index contributed by atoms with van der Waals surface area (Å²) < 4.78 is 10.7.